The quantitative estimate of drug-likeness (QED) is 0.400. The van der Waals surface area contributed by atoms with E-state index in [0.717, 1.165) is 22.0 Å². The molecule has 0 fully saturated rings. The van der Waals surface area contributed by atoms with Crippen molar-refractivity contribution in [3.63, 3.8) is 0 Å². The summed E-state index contributed by atoms with van der Waals surface area (Å²) in [6, 6.07) is 12.5. The molecule has 176 valence electrons. The third-order valence-corrected chi connectivity index (χ3v) is 5.33. The Morgan fingerprint density at radius 3 is 2.64 bits per heavy atom. The largest absolute Gasteiger partial charge is 0.490 e. The van der Waals surface area contributed by atoms with Gasteiger partial charge >= 0.3 is 6.03 Å². The van der Waals surface area contributed by atoms with Crippen molar-refractivity contribution in [1.82, 2.24) is 20.5 Å². The molecule has 0 spiro atoms. The van der Waals surface area contributed by atoms with Gasteiger partial charge < -0.3 is 30.4 Å². The number of fused-ring (bicyclic) bond motifs is 1. The van der Waals surface area contributed by atoms with Gasteiger partial charge in [-0.2, -0.15) is 0 Å². The average molecular weight is 453 g/mol. The van der Waals surface area contributed by atoms with Crippen LogP contribution in [0.15, 0.2) is 48.7 Å². The molecule has 0 radical (unpaired) electrons. The number of H-pyrrole nitrogens is 1. The summed E-state index contributed by atoms with van der Waals surface area (Å²) in [7, 11) is 3.25. The lowest BCUT2D eigenvalue weighted by molar-refractivity contribution is 0.0910. The molecule has 2 aromatic carbocycles. The molecule has 33 heavy (non-hydrogen) atoms. The lowest BCUT2D eigenvalue weighted by Crippen LogP contribution is -2.39. The Labute approximate surface area is 193 Å². The molecule has 1 aromatic heterocycles. The topological polar surface area (TPSA) is 107 Å². The van der Waals surface area contributed by atoms with Crippen LogP contribution in [0.4, 0.5) is 4.79 Å². The maximum absolute atomic E-state index is 13.2. The molecule has 8 heteroatoms. The molecule has 4 N–H and O–H groups in total. The van der Waals surface area contributed by atoms with Crippen LogP contribution in [0, 0.1) is 0 Å². The van der Waals surface area contributed by atoms with Crippen LogP contribution in [-0.2, 0) is 13.0 Å². The van der Waals surface area contributed by atoms with E-state index in [9.17, 15) is 14.7 Å². The molecular formula is C25H32N4O4. The minimum Gasteiger partial charge on any atom is -0.490 e. The van der Waals surface area contributed by atoms with Crippen molar-refractivity contribution in [1.29, 1.82) is 0 Å². The van der Waals surface area contributed by atoms with E-state index >= 15 is 0 Å². The predicted molar refractivity (Wildman–Crippen MR) is 128 cm³/mol. The first-order valence-corrected chi connectivity index (χ1v) is 11.0. The highest BCUT2D eigenvalue weighted by molar-refractivity contribution is 5.97. The van der Waals surface area contributed by atoms with E-state index < -0.39 is 6.04 Å². The maximum atomic E-state index is 13.2. The second-order valence-corrected chi connectivity index (χ2v) is 8.32. The standard InChI is InChI=1S/C25H32N4O4/c1-16(2)33-23-10-9-17(14-29(4)25(32)26-3)11-21(23)24(31)28-19(15-30)12-18-13-27-22-8-6-5-7-20(18)22/h5-11,13,16,19,27,30H,12,14-15H2,1-4H3,(H,26,32)(H,28,31)/t19-/m1/s1. The van der Waals surface area contributed by atoms with Crippen LogP contribution in [0.1, 0.15) is 35.3 Å². The Morgan fingerprint density at radius 1 is 1.18 bits per heavy atom. The summed E-state index contributed by atoms with van der Waals surface area (Å²) in [5.74, 6) is 0.117. The highest BCUT2D eigenvalue weighted by Gasteiger charge is 2.20. The Morgan fingerprint density at radius 2 is 1.94 bits per heavy atom. The number of nitrogens with zero attached hydrogens (tertiary/aromatic N) is 1. The van der Waals surface area contributed by atoms with Gasteiger partial charge in [0.05, 0.1) is 24.3 Å². The van der Waals surface area contributed by atoms with Gasteiger partial charge in [-0.3, -0.25) is 4.79 Å². The van der Waals surface area contributed by atoms with Crippen molar-refractivity contribution in [3.05, 3.63) is 65.4 Å². The number of carbonyl (C=O) groups excluding carboxylic acids is 2. The summed E-state index contributed by atoms with van der Waals surface area (Å²) in [6.45, 7) is 3.91. The van der Waals surface area contributed by atoms with Gasteiger partial charge in [0.2, 0.25) is 0 Å². The SMILES string of the molecule is CNC(=O)N(C)Cc1ccc(OC(C)C)c(C(=O)N[C@@H](CO)Cc2c[nH]c3ccccc23)c1. The number of carbonyl (C=O) groups is 2. The number of urea groups is 1. The summed E-state index contributed by atoms with van der Waals surface area (Å²) in [4.78, 5) is 29.8. The molecule has 0 bridgehead atoms. The first-order valence-electron chi connectivity index (χ1n) is 11.0. The zero-order chi connectivity index (χ0) is 24.0. The van der Waals surface area contributed by atoms with Gasteiger partial charge in [0.25, 0.3) is 5.91 Å². The zero-order valence-electron chi connectivity index (χ0n) is 19.5. The highest BCUT2D eigenvalue weighted by atomic mass is 16.5. The highest BCUT2D eigenvalue weighted by Crippen LogP contribution is 2.23. The lowest BCUT2D eigenvalue weighted by atomic mass is 10.0. The predicted octanol–water partition coefficient (Wildman–Crippen LogP) is 3.06. The number of ether oxygens (including phenoxy) is 1. The number of hydrogen-bond donors (Lipinski definition) is 4. The lowest BCUT2D eigenvalue weighted by Gasteiger charge is -2.21. The molecule has 8 nitrogen and oxygen atoms in total. The first kappa shape index (κ1) is 24.1. The van der Waals surface area contributed by atoms with Crippen LogP contribution < -0.4 is 15.4 Å². The van der Waals surface area contributed by atoms with Gasteiger partial charge in [-0.1, -0.05) is 24.3 Å². The van der Waals surface area contributed by atoms with E-state index in [1.807, 2.05) is 50.4 Å². The molecule has 0 saturated carbocycles. The van der Waals surface area contributed by atoms with Crippen LogP contribution in [0.2, 0.25) is 0 Å². The van der Waals surface area contributed by atoms with Crippen LogP contribution in [0.5, 0.6) is 5.75 Å². The molecule has 1 heterocycles. The summed E-state index contributed by atoms with van der Waals surface area (Å²) in [5.41, 5.74) is 3.18. The fraction of sp³-hybridized carbons (Fsp3) is 0.360. The fourth-order valence-corrected chi connectivity index (χ4v) is 3.74. The molecule has 0 aliphatic carbocycles. The van der Waals surface area contributed by atoms with E-state index in [4.69, 9.17) is 4.74 Å². The average Bonchev–Trinajstić information content (AvgIpc) is 3.21. The monoisotopic (exact) mass is 452 g/mol. The Bertz CT molecular complexity index is 1110. The van der Waals surface area contributed by atoms with Gasteiger partial charge in [-0.15, -0.1) is 0 Å². The third-order valence-electron chi connectivity index (χ3n) is 5.33. The number of aliphatic hydroxyl groups excluding tert-OH is 1. The van der Waals surface area contributed by atoms with Gasteiger partial charge in [-0.25, -0.2) is 4.79 Å². The van der Waals surface area contributed by atoms with E-state index in [-0.39, 0.29) is 24.6 Å². The van der Waals surface area contributed by atoms with Crippen molar-refractivity contribution >= 4 is 22.8 Å². The molecule has 3 aromatic rings. The van der Waals surface area contributed by atoms with Crippen molar-refractivity contribution < 1.29 is 19.4 Å². The van der Waals surface area contributed by atoms with E-state index in [1.54, 1.807) is 26.2 Å². The molecule has 0 unspecified atom stereocenters. The van der Waals surface area contributed by atoms with Crippen molar-refractivity contribution in [2.24, 2.45) is 0 Å². The minimum absolute atomic E-state index is 0.115. The van der Waals surface area contributed by atoms with Gasteiger partial charge in [-0.05, 0) is 49.6 Å². The van der Waals surface area contributed by atoms with E-state index in [2.05, 4.69) is 15.6 Å². The number of benzene rings is 2. The fourth-order valence-electron chi connectivity index (χ4n) is 3.74. The van der Waals surface area contributed by atoms with Crippen LogP contribution >= 0.6 is 0 Å². The van der Waals surface area contributed by atoms with E-state index in [1.165, 1.54) is 4.90 Å². The van der Waals surface area contributed by atoms with E-state index in [0.29, 0.717) is 24.3 Å². The zero-order valence-corrected chi connectivity index (χ0v) is 19.5. The number of nitrogens with one attached hydrogen (secondary N) is 3. The smallest absolute Gasteiger partial charge is 0.317 e. The van der Waals surface area contributed by atoms with Crippen LogP contribution in [-0.4, -0.2) is 59.8 Å². The van der Waals surface area contributed by atoms with Gasteiger partial charge in [0.15, 0.2) is 0 Å². The molecule has 3 rings (SSSR count). The summed E-state index contributed by atoms with van der Waals surface area (Å²) in [6.07, 6.45) is 2.27. The first-order chi connectivity index (χ1) is 15.8. The number of para-hydroxylation sites is 1. The molecule has 0 saturated heterocycles. The summed E-state index contributed by atoms with van der Waals surface area (Å²) in [5, 5.41) is 16.5. The Hall–Kier alpha value is -3.52. The normalized spacial score (nSPS) is 11.9. The molecule has 3 amide bonds. The Kier molecular flexibility index (Phi) is 7.95. The van der Waals surface area contributed by atoms with Crippen molar-refractivity contribution in [3.8, 4) is 5.75 Å². The van der Waals surface area contributed by atoms with Crippen molar-refractivity contribution in [2.75, 3.05) is 20.7 Å². The number of aromatic nitrogens is 1. The summed E-state index contributed by atoms with van der Waals surface area (Å²) >= 11 is 0. The molecule has 1 atom stereocenters. The number of aromatic amines is 1. The number of rotatable bonds is 9. The van der Waals surface area contributed by atoms with Gasteiger partial charge in [0, 0.05) is 37.7 Å². The molecule has 0 aliphatic rings. The minimum atomic E-state index is -0.471. The summed E-state index contributed by atoms with van der Waals surface area (Å²) < 4.78 is 5.85. The second-order valence-electron chi connectivity index (χ2n) is 8.32. The number of aliphatic hydroxyl groups is 1. The maximum Gasteiger partial charge on any atom is 0.317 e. The molecule has 0 aliphatic heterocycles. The number of amides is 3. The number of hydrogen-bond acceptors (Lipinski definition) is 4. The van der Waals surface area contributed by atoms with Gasteiger partial charge in [0.1, 0.15) is 5.75 Å². The second kappa shape index (κ2) is 10.9. The van der Waals surface area contributed by atoms with Crippen LogP contribution in [0.25, 0.3) is 10.9 Å². The van der Waals surface area contributed by atoms with Crippen molar-refractivity contribution in [2.45, 2.75) is 39.0 Å². The van der Waals surface area contributed by atoms with Crippen LogP contribution in [0.3, 0.4) is 0 Å². The molecular weight excluding hydrogens is 420 g/mol. The Balaban J connectivity index is 1.81. The third kappa shape index (κ3) is 6.04.